The summed E-state index contributed by atoms with van der Waals surface area (Å²) in [5.74, 6) is -0.691. The standard InChI is InChI=1S/C16H23NO2/c1-15(2,3)12-7-5-6-8-13(12)17-10-9-16(4,11-17)14(18)19/h5-8H,9-11H2,1-4H3,(H,18,19). The summed E-state index contributed by atoms with van der Waals surface area (Å²) in [6.45, 7) is 9.83. The Kier molecular flexibility index (Phi) is 3.33. The molecule has 1 unspecified atom stereocenters. The number of nitrogens with zero attached hydrogens (tertiary/aromatic N) is 1. The van der Waals surface area contributed by atoms with Crippen LogP contribution in [-0.4, -0.2) is 24.2 Å². The normalized spacial score (nSPS) is 23.7. The molecule has 0 spiro atoms. The lowest BCUT2D eigenvalue weighted by Crippen LogP contribution is -2.32. The van der Waals surface area contributed by atoms with Crippen molar-refractivity contribution in [2.45, 2.75) is 39.5 Å². The third kappa shape index (κ3) is 2.60. The van der Waals surface area contributed by atoms with Crippen LogP contribution in [0.5, 0.6) is 0 Å². The Bertz CT molecular complexity index is 490. The third-order valence-electron chi connectivity index (χ3n) is 4.04. The molecular formula is C16H23NO2. The maximum absolute atomic E-state index is 11.4. The fraction of sp³-hybridized carbons (Fsp3) is 0.562. The SMILES string of the molecule is CC1(C(=O)O)CCN(c2ccccc2C(C)(C)C)C1. The Morgan fingerprint density at radius 3 is 2.47 bits per heavy atom. The maximum atomic E-state index is 11.4. The summed E-state index contributed by atoms with van der Waals surface area (Å²) in [6.07, 6.45) is 0.709. The molecule has 0 aliphatic carbocycles. The van der Waals surface area contributed by atoms with E-state index in [2.05, 4.69) is 43.9 Å². The number of anilines is 1. The molecule has 3 heteroatoms. The monoisotopic (exact) mass is 261 g/mol. The van der Waals surface area contributed by atoms with Gasteiger partial charge in [-0.15, -0.1) is 0 Å². The van der Waals surface area contributed by atoms with Gasteiger partial charge in [0.1, 0.15) is 0 Å². The number of carbonyl (C=O) groups is 1. The number of benzene rings is 1. The second-order valence-corrected chi connectivity index (χ2v) is 6.80. The van der Waals surface area contributed by atoms with E-state index in [0.717, 1.165) is 6.54 Å². The van der Waals surface area contributed by atoms with E-state index >= 15 is 0 Å². The minimum absolute atomic E-state index is 0.0683. The highest BCUT2D eigenvalue weighted by Gasteiger charge is 2.41. The number of carboxylic acids is 1. The number of carboxylic acid groups (broad SMARTS) is 1. The van der Waals surface area contributed by atoms with Gasteiger partial charge in [-0.2, -0.15) is 0 Å². The van der Waals surface area contributed by atoms with E-state index in [4.69, 9.17) is 0 Å². The lowest BCUT2D eigenvalue weighted by atomic mass is 9.85. The zero-order valence-electron chi connectivity index (χ0n) is 12.2. The van der Waals surface area contributed by atoms with Crippen molar-refractivity contribution in [1.82, 2.24) is 0 Å². The Morgan fingerprint density at radius 2 is 1.95 bits per heavy atom. The Morgan fingerprint density at radius 1 is 1.32 bits per heavy atom. The molecule has 0 saturated carbocycles. The molecule has 1 saturated heterocycles. The molecule has 2 rings (SSSR count). The van der Waals surface area contributed by atoms with Crippen LogP contribution < -0.4 is 4.90 Å². The summed E-state index contributed by atoms with van der Waals surface area (Å²) in [5, 5.41) is 9.34. The number of aliphatic carboxylic acids is 1. The van der Waals surface area contributed by atoms with E-state index in [1.807, 2.05) is 13.0 Å². The molecular weight excluding hydrogens is 238 g/mol. The molecule has 1 N–H and O–H groups in total. The van der Waals surface area contributed by atoms with Gasteiger partial charge in [-0.25, -0.2) is 0 Å². The summed E-state index contributed by atoms with van der Waals surface area (Å²) < 4.78 is 0. The van der Waals surface area contributed by atoms with Gasteiger partial charge in [-0.3, -0.25) is 4.79 Å². The van der Waals surface area contributed by atoms with E-state index in [1.54, 1.807) is 0 Å². The van der Waals surface area contributed by atoms with Gasteiger partial charge in [0.25, 0.3) is 0 Å². The van der Waals surface area contributed by atoms with E-state index in [1.165, 1.54) is 11.3 Å². The smallest absolute Gasteiger partial charge is 0.311 e. The number of rotatable bonds is 2. The molecule has 1 heterocycles. The van der Waals surface area contributed by atoms with Crippen LogP contribution in [0.2, 0.25) is 0 Å². The summed E-state index contributed by atoms with van der Waals surface area (Å²) in [5.41, 5.74) is 1.91. The largest absolute Gasteiger partial charge is 0.481 e. The van der Waals surface area contributed by atoms with Gasteiger partial charge in [-0.1, -0.05) is 39.0 Å². The molecule has 1 aliphatic heterocycles. The summed E-state index contributed by atoms with van der Waals surface area (Å²) in [6, 6.07) is 8.33. The lowest BCUT2D eigenvalue weighted by Gasteiger charge is -2.29. The first kappa shape index (κ1) is 13.9. The zero-order chi connectivity index (χ0) is 14.3. The van der Waals surface area contributed by atoms with Crippen molar-refractivity contribution in [2.24, 2.45) is 5.41 Å². The van der Waals surface area contributed by atoms with Crippen molar-refractivity contribution in [1.29, 1.82) is 0 Å². The summed E-state index contributed by atoms with van der Waals surface area (Å²) >= 11 is 0. The molecule has 0 aromatic heterocycles. The van der Waals surface area contributed by atoms with Crippen molar-refractivity contribution in [2.75, 3.05) is 18.0 Å². The van der Waals surface area contributed by atoms with Gasteiger partial charge < -0.3 is 10.0 Å². The van der Waals surface area contributed by atoms with E-state index in [-0.39, 0.29) is 5.41 Å². The van der Waals surface area contributed by atoms with Gasteiger partial charge in [-0.05, 0) is 30.4 Å². The second-order valence-electron chi connectivity index (χ2n) is 6.80. The van der Waals surface area contributed by atoms with Crippen LogP contribution in [0.3, 0.4) is 0 Å². The third-order valence-corrected chi connectivity index (χ3v) is 4.04. The van der Waals surface area contributed by atoms with Gasteiger partial charge in [0.05, 0.1) is 5.41 Å². The van der Waals surface area contributed by atoms with Gasteiger partial charge >= 0.3 is 5.97 Å². The molecule has 0 radical (unpaired) electrons. The zero-order valence-corrected chi connectivity index (χ0v) is 12.2. The van der Waals surface area contributed by atoms with E-state index in [9.17, 15) is 9.90 Å². The topological polar surface area (TPSA) is 40.5 Å². The summed E-state index contributed by atoms with van der Waals surface area (Å²) in [7, 11) is 0. The molecule has 1 aromatic carbocycles. The molecule has 0 amide bonds. The van der Waals surface area contributed by atoms with Crippen molar-refractivity contribution in [3.63, 3.8) is 0 Å². The first-order valence-electron chi connectivity index (χ1n) is 6.82. The van der Waals surface area contributed by atoms with Crippen LogP contribution in [0.4, 0.5) is 5.69 Å². The van der Waals surface area contributed by atoms with Crippen LogP contribution in [0, 0.1) is 5.41 Å². The molecule has 19 heavy (non-hydrogen) atoms. The molecule has 3 nitrogen and oxygen atoms in total. The molecule has 1 atom stereocenters. The first-order chi connectivity index (χ1) is 8.74. The van der Waals surface area contributed by atoms with Crippen LogP contribution in [0.1, 0.15) is 39.7 Å². The number of hydrogen-bond donors (Lipinski definition) is 1. The van der Waals surface area contributed by atoms with E-state index in [0.29, 0.717) is 13.0 Å². The highest BCUT2D eigenvalue weighted by Crippen LogP contribution is 2.38. The van der Waals surface area contributed by atoms with E-state index < -0.39 is 11.4 Å². The van der Waals surface area contributed by atoms with Crippen molar-refractivity contribution in [3.8, 4) is 0 Å². The fourth-order valence-electron chi connectivity index (χ4n) is 2.72. The predicted octanol–water partition coefficient (Wildman–Crippen LogP) is 3.29. The average molecular weight is 261 g/mol. The van der Waals surface area contributed by atoms with Gasteiger partial charge in [0, 0.05) is 18.8 Å². The lowest BCUT2D eigenvalue weighted by molar-refractivity contribution is -0.146. The Balaban J connectivity index is 2.33. The van der Waals surface area contributed by atoms with Crippen LogP contribution in [0.25, 0.3) is 0 Å². The molecule has 1 fully saturated rings. The van der Waals surface area contributed by atoms with Crippen molar-refractivity contribution in [3.05, 3.63) is 29.8 Å². The Labute approximate surface area is 115 Å². The summed E-state index contributed by atoms with van der Waals surface area (Å²) in [4.78, 5) is 13.6. The average Bonchev–Trinajstić information content (AvgIpc) is 2.72. The number of para-hydroxylation sites is 1. The quantitative estimate of drug-likeness (QED) is 0.888. The molecule has 1 aliphatic rings. The molecule has 104 valence electrons. The van der Waals surface area contributed by atoms with Gasteiger partial charge in [0.15, 0.2) is 0 Å². The highest BCUT2D eigenvalue weighted by atomic mass is 16.4. The first-order valence-corrected chi connectivity index (χ1v) is 6.82. The van der Waals surface area contributed by atoms with Crippen LogP contribution >= 0.6 is 0 Å². The second kappa shape index (κ2) is 4.55. The minimum atomic E-state index is -0.691. The highest BCUT2D eigenvalue weighted by molar-refractivity contribution is 5.76. The number of hydrogen-bond acceptors (Lipinski definition) is 2. The molecule has 0 bridgehead atoms. The van der Waals surface area contributed by atoms with Crippen molar-refractivity contribution >= 4 is 11.7 Å². The van der Waals surface area contributed by atoms with Gasteiger partial charge in [0.2, 0.25) is 0 Å². The Hall–Kier alpha value is -1.51. The van der Waals surface area contributed by atoms with Crippen LogP contribution in [-0.2, 0) is 10.2 Å². The minimum Gasteiger partial charge on any atom is -0.481 e. The predicted molar refractivity (Wildman–Crippen MR) is 77.7 cm³/mol. The van der Waals surface area contributed by atoms with Crippen LogP contribution in [0.15, 0.2) is 24.3 Å². The molecule has 1 aromatic rings. The maximum Gasteiger partial charge on any atom is 0.311 e. The van der Waals surface area contributed by atoms with Crippen molar-refractivity contribution < 1.29 is 9.90 Å². The fourth-order valence-corrected chi connectivity index (χ4v) is 2.72.